The summed E-state index contributed by atoms with van der Waals surface area (Å²) in [5.74, 6) is 0.377. The number of nitrogens with one attached hydrogen (secondary N) is 1. The molecule has 0 saturated carbocycles. The zero-order valence-corrected chi connectivity index (χ0v) is 12.5. The highest BCUT2D eigenvalue weighted by Gasteiger charge is 2.36. The van der Waals surface area contributed by atoms with Crippen molar-refractivity contribution in [3.8, 4) is 0 Å². The van der Waals surface area contributed by atoms with Gasteiger partial charge in [-0.2, -0.15) is 18.3 Å². The summed E-state index contributed by atoms with van der Waals surface area (Å²) >= 11 is 0. The van der Waals surface area contributed by atoms with E-state index in [4.69, 9.17) is 4.74 Å². The van der Waals surface area contributed by atoms with Gasteiger partial charge in [-0.15, -0.1) is 0 Å². The first-order valence-electron chi connectivity index (χ1n) is 7.30. The van der Waals surface area contributed by atoms with Crippen LogP contribution in [0, 0.1) is 5.92 Å². The SMILES string of the molecule is C[C@@H]1CCN(c2ccc(C3=NNC(=O)OC3)cc2C(F)(F)F)C1. The third-order valence-electron chi connectivity index (χ3n) is 4.02. The fraction of sp³-hybridized carbons (Fsp3) is 0.467. The quantitative estimate of drug-likeness (QED) is 0.908. The van der Waals surface area contributed by atoms with Crippen LogP contribution >= 0.6 is 0 Å². The van der Waals surface area contributed by atoms with Crippen molar-refractivity contribution in [3.05, 3.63) is 29.3 Å². The van der Waals surface area contributed by atoms with Gasteiger partial charge in [-0.3, -0.25) is 0 Å². The molecule has 1 amide bonds. The van der Waals surface area contributed by atoms with Crippen LogP contribution < -0.4 is 10.3 Å². The van der Waals surface area contributed by atoms with Crippen molar-refractivity contribution >= 4 is 17.5 Å². The second kappa shape index (κ2) is 5.75. The molecular weight excluding hydrogens is 311 g/mol. The third-order valence-corrected chi connectivity index (χ3v) is 4.02. The van der Waals surface area contributed by atoms with Crippen molar-refractivity contribution in [2.75, 3.05) is 24.6 Å². The van der Waals surface area contributed by atoms with Crippen molar-refractivity contribution in [3.63, 3.8) is 0 Å². The second-order valence-electron chi connectivity index (χ2n) is 5.82. The lowest BCUT2D eigenvalue weighted by molar-refractivity contribution is -0.137. The van der Waals surface area contributed by atoms with Crippen LogP contribution in [0.15, 0.2) is 23.3 Å². The Morgan fingerprint density at radius 1 is 1.39 bits per heavy atom. The average molecular weight is 327 g/mol. The Morgan fingerprint density at radius 3 is 2.74 bits per heavy atom. The number of hydrogen-bond acceptors (Lipinski definition) is 4. The summed E-state index contributed by atoms with van der Waals surface area (Å²) in [5, 5.41) is 3.75. The molecule has 0 spiro atoms. The van der Waals surface area contributed by atoms with E-state index in [1.807, 2.05) is 6.92 Å². The smallest absolute Gasteiger partial charge is 0.428 e. The number of halogens is 3. The Kier molecular flexibility index (Phi) is 3.91. The number of nitrogens with zero attached hydrogens (tertiary/aromatic N) is 2. The van der Waals surface area contributed by atoms with Gasteiger partial charge < -0.3 is 9.64 Å². The molecule has 1 atom stereocenters. The summed E-state index contributed by atoms with van der Waals surface area (Å²) in [7, 11) is 0. The summed E-state index contributed by atoms with van der Waals surface area (Å²) in [6.45, 7) is 3.11. The second-order valence-corrected chi connectivity index (χ2v) is 5.82. The molecule has 0 aromatic heterocycles. The summed E-state index contributed by atoms with van der Waals surface area (Å²) in [4.78, 5) is 12.7. The first-order valence-corrected chi connectivity index (χ1v) is 7.30. The van der Waals surface area contributed by atoms with E-state index in [0.29, 0.717) is 19.0 Å². The van der Waals surface area contributed by atoms with Crippen LogP contribution in [-0.4, -0.2) is 31.5 Å². The number of hydrogen-bond donors (Lipinski definition) is 1. The standard InChI is InChI=1S/C15H16F3N3O2/c1-9-4-5-21(7-9)13-3-2-10(6-11(13)15(16,17)18)12-8-23-14(22)20-19-12/h2-3,6,9H,4-5,7-8H2,1H3,(H,20,22)/t9-/m1/s1. The normalized spacial score (nSPS) is 21.7. The molecule has 2 aliphatic heterocycles. The Hall–Kier alpha value is -2.25. The topological polar surface area (TPSA) is 53.9 Å². The van der Waals surface area contributed by atoms with Crippen LogP contribution in [-0.2, 0) is 10.9 Å². The number of amides is 1. The van der Waals surface area contributed by atoms with Crippen molar-refractivity contribution in [2.45, 2.75) is 19.5 Å². The van der Waals surface area contributed by atoms with E-state index in [0.717, 1.165) is 12.5 Å². The summed E-state index contributed by atoms with van der Waals surface area (Å²) in [5.41, 5.74) is 2.14. The van der Waals surface area contributed by atoms with E-state index >= 15 is 0 Å². The highest BCUT2D eigenvalue weighted by atomic mass is 19.4. The third kappa shape index (κ3) is 3.25. The number of alkyl halides is 3. The van der Waals surface area contributed by atoms with Gasteiger partial charge in [0.2, 0.25) is 0 Å². The summed E-state index contributed by atoms with van der Waals surface area (Å²) in [6, 6.07) is 4.11. The molecule has 0 radical (unpaired) electrons. The largest absolute Gasteiger partial charge is 0.442 e. The number of ether oxygens (including phenoxy) is 1. The molecule has 2 heterocycles. The monoisotopic (exact) mass is 327 g/mol. The lowest BCUT2D eigenvalue weighted by Crippen LogP contribution is -2.31. The predicted molar refractivity (Wildman–Crippen MR) is 78.5 cm³/mol. The molecule has 124 valence electrons. The zero-order valence-electron chi connectivity index (χ0n) is 12.5. The Balaban J connectivity index is 1.97. The van der Waals surface area contributed by atoms with E-state index in [9.17, 15) is 18.0 Å². The van der Waals surface area contributed by atoms with Crippen molar-refractivity contribution in [1.29, 1.82) is 0 Å². The number of carbonyl (C=O) groups is 1. The highest BCUT2D eigenvalue weighted by molar-refractivity contribution is 6.04. The van der Waals surface area contributed by atoms with E-state index in [2.05, 4.69) is 10.5 Å². The van der Waals surface area contributed by atoms with E-state index in [1.54, 1.807) is 11.0 Å². The maximum atomic E-state index is 13.4. The van der Waals surface area contributed by atoms with Crippen LogP contribution in [0.1, 0.15) is 24.5 Å². The maximum absolute atomic E-state index is 13.4. The number of cyclic esters (lactones) is 1. The van der Waals surface area contributed by atoms with Crippen LogP contribution in [0.25, 0.3) is 0 Å². The summed E-state index contributed by atoms with van der Waals surface area (Å²) in [6.07, 6.45) is -4.30. The molecule has 8 heteroatoms. The fourth-order valence-electron chi connectivity index (χ4n) is 2.83. The van der Waals surface area contributed by atoms with E-state index in [1.165, 1.54) is 6.07 Å². The summed E-state index contributed by atoms with van der Waals surface area (Å²) < 4.78 is 45.1. The van der Waals surface area contributed by atoms with Gasteiger partial charge >= 0.3 is 12.3 Å². The highest BCUT2D eigenvalue weighted by Crippen LogP contribution is 2.39. The maximum Gasteiger partial charge on any atom is 0.428 e. The Labute approximate surface area is 131 Å². The van der Waals surface area contributed by atoms with Gasteiger partial charge in [0, 0.05) is 24.3 Å². The van der Waals surface area contributed by atoms with Crippen LogP contribution in [0.3, 0.4) is 0 Å². The van der Waals surface area contributed by atoms with Crippen molar-refractivity contribution in [2.24, 2.45) is 11.0 Å². The molecular formula is C15H16F3N3O2. The van der Waals surface area contributed by atoms with Crippen molar-refractivity contribution < 1.29 is 22.7 Å². The van der Waals surface area contributed by atoms with Gasteiger partial charge in [-0.05, 0) is 24.5 Å². The van der Waals surface area contributed by atoms with E-state index in [-0.39, 0.29) is 23.6 Å². The van der Waals surface area contributed by atoms with E-state index < -0.39 is 17.8 Å². The molecule has 1 aromatic rings. The van der Waals surface area contributed by atoms with Gasteiger partial charge in [-0.1, -0.05) is 13.0 Å². The first kappa shape index (κ1) is 15.6. The minimum atomic E-state index is -4.46. The molecule has 23 heavy (non-hydrogen) atoms. The molecule has 1 saturated heterocycles. The minimum Gasteiger partial charge on any atom is -0.442 e. The number of anilines is 1. The van der Waals surface area contributed by atoms with Gasteiger partial charge in [0.05, 0.1) is 5.56 Å². The molecule has 1 fully saturated rings. The number of rotatable bonds is 2. The van der Waals surface area contributed by atoms with Gasteiger partial charge in [-0.25, -0.2) is 10.2 Å². The lowest BCUT2D eigenvalue weighted by atomic mass is 10.0. The number of benzene rings is 1. The molecule has 0 unspecified atom stereocenters. The van der Waals surface area contributed by atoms with Crippen LogP contribution in [0.5, 0.6) is 0 Å². The molecule has 0 bridgehead atoms. The molecule has 1 N–H and O–H groups in total. The molecule has 5 nitrogen and oxygen atoms in total. The molecule has 0 aliphatic carbocycles. The average Bonchev–Trinajstić information content (AvgIpc) is 2.93. The first-order chi connectivity index (χ1) is 10.8. The van der Waals surface area contributed by atoms with Crippen LogP contribution in [0.4, 0.5) is 23.7 Å². The molecule has 3 rings (SSSR count). The molecule has 2 aliphatic rings. The lowest BCUT2D eigenvalue weighted by Gasteiger charge is -2.24. The van der Waals surface area contributed by atoms with Gasteiger partial charge in [0.25, 0.3) is 0 Å². The molecule has 1 aromatic carbocycles. The minimum absolute atomic E-state index is 0.150. The van der Waals surface area contributed by atoms with Gasteiger partial charge in [0.1, 0.15) is 12.3 Å². The zero-order chi connectivity index (χ0) is 16.6. The Morgan fingerprint density at radius 2 is 2.17 bits per heavy atom. The fourth-order valence-corrected chi connectivity index (χ4v) is 2.83. The van der Waals surface area contributed by atoms with Crippen LogP contribution in [0.2, 0.25) is 0 Å². The van der Waals surface area contributed by atoms with Gasteiger partial charge in [0.15, 0.2) is 0 Å². The van der Waals surface area contributed by atoms with Crippen molar-refractivity contribution in [1.82, 2.24) is 5.43 Å². The predicted octanol–water partition coefficient (Wildman–Crippen LogP) is 3.00. The number of hydrazone groups is 1. The number of carbonyl (C=O) groups excluding carboxylic acids is 1. The Bertz CT molecular complexity index is 658.